The van der Waals surface area contributed by atoms with Gasteiger partial charge in [-0.05, 0) is 66.6 Å². The molecule has 182 valence electrons. The summed E-state index contributed by atoms with van der Waals surface area (Å²) in [5.74, 6) is -0.119. The number of fused-ring (bicyclic) bond motifs is 2. The first-order valence-electron chi connectivity index (χ1n) is 11.7. The van der Waals surface area contributed by atoms with Gasteiger partial charge in [0.1, 0.15) is 5.65 Å². The largest absolute Gasteiger partial charge is 0.343 e. The smallest absolute Gasteiger partial charge is 0.253 e. The van der Waals surface area contributed by atoms with Crippen molar-refractivity contribution in [1.82, 2.24) is 29.7 Å². The Labute approximate surface area is 209 Å². The van der Waals surface area contributed by atoms with Crippen molar-refractivity contribution in [3.05, 3.63) is 91.0 Å². The second kappa shape index (κ2) is 8.77. The number of anilines is 1. The van der Waals surface area contributed by atoms with Gasteiger partial charge >= 0.3 is 0 Å². The predicted octanol–water partition coefficient (Wildman–Crippen LogP) is 4.52. The molecule has 2 amide bonds. The number of rotatable bonds is 5. The highest BCUT2D eigenvalue weighted by Gasteiger charge is 2.29. The number of carbonyl (C=O) groups excluding carboxylic acids is 2. The number of benzene rings is 1. The first kappa shape index (κ1) is 21.7. The summed E-state index contributed by atoms with van der Waals surface area (Å²) in [5.41, 5.74) is 6.07. The van der Waals surface area contributed by atoms with Gasteiger partial charge in [-0.3, -0.25) is 9.59 Å². The van der Waals surface area contributed by atoms with Gasteiger partial charge in [0.05, 0.1) is 11.7 Å². The van der Waals surface area contributed by atoms with Crippen molar-refractivity contribution in [3.63, 3.8) is 0 Å². The molecule has 0 saturated carbocycles. The Morgan fingerprint density at radius 3 is 2.81 bits per heavy atom. The molecule has 0 bridgehead atoms. The average Bonchev–Trinajstić information content (AvgIpc) is 3.66. The lowest BCUT2D eigenvalue weighted by Gasteiger charge is -2.16. The summed E-state index contributed by atoms with van der Waals surface area (Å²) < 4.78 is 1.62. The van der Waals surface area contributed by atoms with Crippen LogP contribution in [0.15, 0.2) is 79.8 Å². The summed E-state index contributed by atoms with van der Waals surface area (Å²) in [6.45, 7) is 4.74. The summed E-state index contributed by atoms with van der Waals surface area (Å²) in [6.07, 6.45) is 7.41. The zero-order valence-electron chi connectivity index (χ0n) is 19.4. The number of aromatic amines is 1. The van der Waals surface area contributed by atoms with E-state index in [-0.39, 0.29) is 20.6 Å². The van der Waals surface area contributed by atoms with Crippen LogP contribution in [0.1, 0.15) is 31.2 Å². The molecule has 0 aliphatic carbocycles. The molecule has 5 heterocycles. The Morgan fingerprint density at radius 2 is 1.97 bits per heavy atom. The number of amides is 2. The fraction of sp³-hybridized carbons (Fsp3) is 0.148. The van der Waals surface area contributed by atoms with Crippen molar-refractivity contribution in [2.75, 3.05) is 18.4 Å². The van der Waals surface area contributed by atoms with Crippen molar-refractivity contribution >= 4 is 34.1 Å². The van der Waals surface area contributed by atoms with Crippen molar-refractivity contribution in [2.45, 2.75) is 12.3 Å². The molecule has 1 aliphatic rings. The molecule has 1 fully saturated rings. The molecule has 1 saturated heterocycles. The zero-order valence-corrected chi connectivity index (χ0v) is 19.4. The molecule has 4 aromatic heterocycles. The topological polar surface area (TPSA) is 108 Å². The minimum Gasteiger partial charge on any atom is -0.343 e. The van der Waals surface area contributed by atoms with Crippen molar-refractivity contribution < 1.29 is 12.4 Å². The minimum absolute atomic E-state index is 0. The lowest BCUT2D eigenvalue weighted by Crippen LogP contribution is -2.28. The molecule has 2 N–H and O–H groups in total. The van der Waals surface area contributed by atoms with Crippen LogP contribution in [0.4, 0.5) is 5.69 Å². The van der Waals surface area contributed by atoms with Gasteiger partial charge in [0.15, 0.2) is 0 Å². The standard InChI is InChI=1S/C27H23N7O2.2H2/c1-2-25(35)31-19-7-5-17(6-8-19)27(36)33-13-10-18(16-33)23-14-21-20(9-12-28-26(21)32-23)22-15-30-34-24(22)4-3-11-29-34;;/h2-9,11-12,14-15,18H,1,10,13,16H2,(H,28,32)(H,31,35);2*1H/t18-;;/m1../s1. The lowest BCUT2D eigenvalue weighted by atomic mass is 10.0. The maximum atomic E-state index is 13.1. The van der Waals surface area contributed by atoms with Crippen LogP contribution < -0.4 is 5.32 Å². The van der Waals surface area contributed by atoms with E-state index >= 15 is 0 Å². The normalized spacial score (nSPS) is 15.4. The second-order valence-corrected chi connectivity index (χ2v) is 8.81. The Hall–Kier alpha value is -4.79. The van der Waals surface area contributed by atoms with Gasteiger partial charge in [-0.1, -0.05) is 6.58 Å². The molecule has 0 unspecified atom stereocenters. The monoisotopic (exact) mass is 481 g/mol. The molecule has 1 atom stereocenters. The number of aromatic nitrogens is 5. The van der Waals surface area contributed by atoms with Crippen LogP contribution in [0, 0.1) is 0 Å². The lowest BCUT2D eigenvalue weighted by molar-refractivity contribution is -0.111. The third kappa shape index (κ3) is 3.80. The van der Waals surface area contributed by atoms with E-state index in [4.69, 9.17) is 0 Å². The van der Waals surface area contributed by atoms with Gasteiger partial charge < -0.3 is 15.2 Å². The molecule has 0 radical (unpaired) electrons. The van der Waals surface area contributed by atoms with Gasteiger partial charge in [-0.2, -0.15) is 14.8 Å². The van der Waals surface area contributed by atoms with E-state index in [2.05, 4.69) is 38.1 Å². The van der Waals surface area contributed by atoms with Gasteiger partial charge in [0.25, 0.3) is 5.91 Å². The summed E-state index contributed by atoms with van der Waals surface area (Å²) in [6, 6.07) is 15.0. The predicted molar refractivity (Wildman–Crippen MR) is 141 cm³/mol. The van der Waals surface area contributed by atoms with Gasteiger partial charge in [-0.25, -0.2) is 4.98 Å². The van der Waals surface area contributed by atoms with Gasteiger partial charge in [0, 0.05) is 62.1 Å². The first-order chi connectivity index (χ1) is 17.6. The number of carbonyl (C=O) groups is 2. The Balaban J connectivity index is 0.00000168. The van der Waals surface area contributed by atoms with Crippen molar-refractivity contribution in [3.8, 4) is 11.1 Å². The Bertz CT molecular complexity index is 1630. The Kier molecular flexibility index (Phi) is 5.29. The molecule has 9 nitrogen and oxygen atoms in total. The fourth-order valence-corrected chi connectivity index (χ4v) is 4.81. The summed E-state index contributed by atoms with van der Waals surface area (Å²) >= 11 is 0. The van der Waals surface area contributed by atoms with E-state index in [1.165, 1.54) is 6.08 Å². The molecular formula is C27H27N7O2. The fourth-order valence-electron chi connectivity index (χ4n) is 4.81. The van der Waals surface area contributed by atoms with E-state index in [9.17, 15) is 9.59 Å². The zero-order chi connectivity index (χ0) is 24.6. The number of H-pyrrole nitrogens is 1. The van der Waals surface area contributed by atoms with E-state index in [1.807, 2.05) is 29.3 Å². The van der Waals surface area contributed by atoms with Crippen LogP contribution in [0.3, 0.4) is 0 Å². The number of pyridine rings is 1. The third-order valence-electron chi connectivity index (χ3n) is 6.65. The van der Waals surface area contributed by atoms with Crippen LogP contribution in [0.25, 0.3) is 27.7 Å². The maximum absolute atomic E-state index is 13.1. The van der Waals surface area contributed by atoms with Crippen LogP contribution in [0.2, 0.25) is 0 Å². The number of nitrogens with zero attached hydrogens (tertiary/aromatic N) is 5. The molecule has 5 aromatic rings. The van der Waals surface area contributed by atoms with Crippen LogP contribution in [-0.4, -0.2) is 54.6 Å². The molecule has 36 heavy (non-hydrogen) atoms. The number of hydrogen-bond acceptors (Lipinski definition) is 5. The highest BCUT2D eigenvalue weighted by molar-refractivity contribution is 6.00. The molecule has 1 aliphatic heterocycles. The third-order valence-corrected chi connectivity index (χ3v) is 6.65. The number of likely N-dealkylation sites (tertiary alicyclic amines) is 1. The van der Waals surface area contributed by atoms with E-state index in [0.717, 1.165) is 39.8 Å². The van der Waals surface area contributed by atoms with Crippen LogP contribution in [0.5, 0.6) is 0 Å². The van der Waals surface area contributed by atoms with Crippen LogP contribution in [-0.2, 0) is 4.79 Å². The molecule has 0 spiro atoms. The quantitative estimate of drug-likeness (QED) is 0.359. The highest BCUT2D eigenvalue weighted by Crippen LogP contribution is 2.35. The maximum Gasteiger partial charge on any atom is 0.253 e. The van der Waals surface area contributed by atoms with E-state index in [1.54, 1.807) is 41.3 Å². The number of nitrogens with one attached hydrogen (secondary N) is 2. The first-order valence-corrected chi connectivity index (χ1v) is 11.7. The van der Waals surface area contributed by atoms with E-state index in [0.29, 0.717) is 24.3 Å². The highest BCUT2D eigenvalue weighted by atomic mass is 16.2. The van der Waals surface area contributed by atoms with Crippen LogP contribution >= 0.6 is 0 Å². The summed E-state index contributed by atoms with van der Waals surface area (Å²) in [5, 5.41) is 12.4. The second-order valence-electron chi connectivity index (χ2n) is 8.81. The van der Waals surface area contributed by atoms with Crippen molar-refractivity contribution in [1.29, 1.82) is 0 Å². The average molecular weight is 482 g/mol. The number of hydrogen-bond donors (Lipinski definition) is 2. The molecule has 6 rings (SSSR count). The SMILES string of the molecule is C=CC(=O)Nc1ccc(C(=O)N2CC[C@@H](c3cc4c(-c5cnn6ncccc56)ccnc4[nH]3)C2)cc1.[HH].[HH]. The Morgan fingerprint density at radius 1 is 1.11 bits per heavy atom. The van der Waals surface area contributed by atoms with E-state index < -0.39 is 0 Å². The summed E-state index contributed by atoms with van der Waals surface area (Å²) in [7, 11) is 0. The van der Waals surface area contributed by atoms with Gasteiger partial charge in [0.2, 0.25) is 5.91 Å². The van der Waals surface area contributed by atoms with Gasteiger partial charge in [-0.15, -0.1) is 0 Å². The molecule has 1 aromatic carbocycles. The molecule has 9 heteroatoms. The van der Waals surface area contributed by atoms with Crippen molar-refractivity contribution in [2.24, 2.45) is 0 Å². The summed E-state index contributed by atoms with van der Waals surface area (Å²) in [4.78, 5) is 34.5. The molecular weight excluding hydrogens is 454 g/mol. The minimum atomic E-state index is -0.286.